The standard InChI is InChI=1S/C23H38O5/c1-4-5-8-11-18(24)14-15-20-19(21(25)16-22(20)26)12-9-6-7-10-13-23(27)28-17(2)3/h6,9,14-15,17-20,22,24,26H,4-5,7-8,10-13,16H2,1-3H3/b9-6+,15-14+/t18-,19-,20+,22+/m0/s1. The molecule has 0 aromatic carbocycles. The highest BCUT2D eigenvalue weighted by Crippen LogP contribution is 2.33. The van der Waals surface area contributed by atoms with Crippen LogP contribution in [0.2, 0.25) is 0 Å². The number of carbonyl (C=O) groups excluding carboxylic acids is 2. The van der Waals surface area contributed by atoms with Gasteiger partial charge < -0.3 is 14.9 Å². The highest BCUT2D eigenvalue weighted by Gasteiger charge is 2.39. The molecule has 0 spiro atoms. The van der Waals surface area contributed by atoms with E-state index < -0.39 is 12.2 Å². The fourth-order valence-corrected chi connectivity index (χ4v) is 3.53. The smallest absolute Gasteiger partial charge is 0.306 e. The lowest BCUT2D eigenvalue weighted by molar-refractivity contribution is -0.147. The van der Waals surface area contributed by atoms with Crippen molar-refractivity contribution >= 4 is 11.8 Å². The van der Waals surface area contributed by atoms with Crippen molar-refractivity contribution in [3.63, 3.8) is 0 Å². The first kappa shape index (κ1) is 24.6. The van der Waals surface area contributed by atoms with Crippen LogP contribution < -0.4 is 0 Å². The van der Waals surface area contributed by atoms with Crippen molar-refractivity contribution in [2.75, 3.05) is 0 Å². The fourth-order valence-electron chi connectivity index (χ4n) is 3.53. The lowest BCUT2D eigenvalue weighted by atomic mass is 9.90. The molecule has 2 N–H and O–H groups in total. The Morgan fingerprint density at radius 1 is 1.25 bits per heavy atom. The number of carbonyl (C=O) groups is 2. The third-order valence-corrected chi connectivity index (χ3v) is 5.07. The number of allylic oxidation sites excluding steroid dienone is 2. The molecular formula is C23H38O5. The second-order valence-corrected chi connectivity index (χ2v) is 8.01. The molecule has 28 heavy (non-hydrogen) atoms. The van der Waals surface area contributed by atoms with Crippen molar-refractivity contribution in [3.8, 4) is 0 Å². The minimum atomic E-state index is -0.671. The van der Waals surface area contributed by atoms with Gasteiger partial charge in [0.25, 0.3) is 0 Å². The van der Waals surface area contributed by atoms with Gasteiger partial charge in [0, 0.05) is 24.7 Å². The topological polar surface area (TPSA) is 83.8 Å². The van der Waals surface area contributed by atoms with Crippen LogP contribution in [0.4, 0.5) is 0 Å². The summed E-state index contributed by atoms with van der Waals surface area (Å²) < 4.78 is 5.09. The molecule has 0 radical (unpaired) electrons. The molecule has 1 rings (SSSR count). The second kappa shape index (κ2) is 13.7. The molecule has 1 aliphatic rings. The summed E-state index contributed by atoms with van der Waals surface area (Å²) in [6.45, 7) is 5.79. The average molecular weight is 395 g/mol. The number of rotatable bonds is 13. The van der Waals surface area contributed by atoms with E-state index in [4.69, 9.17) is 4.74 Å². The van der Waals surface area contributed by atoms with Gasteiger partial charge in [-0.2, -0.15) is 0 Å². The Bertz CT molecular complexity index is 523. The summed E-state index contributed by atoms with van der Waals surface area (Å²) in [6.07, 6.45) is 12.8. The zero-order valence-corrected chi connectivity index (χ0v) is 17.7. The predicted molar refractivity (Wildman–Crippen MR) is 111 cm³/mol. The molecule has 0 aromatic heterocycles. The van der Waals surface area contributed by atoms with Crippen LogP contribution in [0, 0.1) is 11.8 Å². The molecule has 1 aliphatic carbocycles. The van der Waals surface area contributed by atoms with Gasteiger partial charge in [0.15, 0.2) is 0 Å². The van der Waals surface area contributed by atoms with Crippen molar-refractivity contribution in [2.24, 2.45) is 11.8 Å². The largest absolute Gasteiger partial charge is 0.463 e. The van der Waals surface area contributed by atoms with Gasteiger partial charge in [-0.25, -0.2) is 0 Å². The molecule has 0 bridgehead atoms. The van der Waals surface area contributed by atoms with Crippen molar-refractivity contribution in [1.82, 2.24) is 0 Å². The maximum atomic E-state index is 12.2. The van der Waals surface area contributed by atoms with Crippen LogP contribution in [0.5, 0.6) is 0 Å². The Hall–Kier alpha value is -1.46. The normalized spacial score (nSPS) is 23.9. The predicted octanol–water partition coefficient (Wildman–Crippen LogP) is 4.12. The van der Waals surface area contributed by atoms with Crippen LogP contribution >= 0.6 is 0 Å². The molecule has 1 saturated carbocycles. The van der Waals surface area contributed by atoms with E-state index in [1.165, 1.54) is 0 Å². The number of ketones is 1. The highest BCUT2D eigenvalue weighted by molar-refractivity contribution is 5.84. The SMILES string of the molecule is CCCCC[C@H](O)/C=C/[C@H]1[C@H](O)CC(=O)[C@H]1C/C=C/CCCC(=O)OC(C)C. The lowest BCUT2D eigenvalue weighted by Crippen LogP contribution is -2.18. The number of hydrogen-bond donors (Lipinski definition) is 2. The van der Waals surface area contributed by atoms with Crippen molar-refractivity contribution in [2.45, 2.75) is 96.9 Å². The maximum absolute atomic E-state index is 12.2. The number of aliphatic hydroxyl groups is 2. The number of unbranched alkanes of at least 4 members (excludes halogenated alkanes) is 3. The third-order valence-electron chi connectivity index (χ3n) is 5.07. The van der Waals surface area contributed by atoms with Crippen LogP contribution in [0.3, 0.4) is 0 Å². The summed E-state index contributed by atoms with van der Waals surface area (Å²) in [5, 5.41) is 20.2. The lowest BCUT2D eigenvalue weighted by Gasteiger charge is -2.16. The molecule has 5 nitrogen and oxygen atoms in total. The van der Waals surface area contributed by atoms with E-state index in [0.29, 0.717) is 19.3 Å². The first-order valence-electron chi connectivity index (χ1n) is 10.8. The van der Waals surface area contributed by atoms with Crippen LogP contribution in [0.1, 0.15) is 78.6 Å². The molecule has 0 amide bonds. The number of aliphatic hydroxyl groups excluding tert-OH is 2. The molecule has 0 saturated heterocycles. The number of esters is 1. The van der Waals surface area contributed by atoms with Gasteiger partial charge in [-0.3, -0.25) is 9.59 Å². The quantitative estimate of drug-likeness (QED) is 0.279. The molecule has 0 heterocycles. The van der Waals surface area contributed by atoms with E-state index >= 15 is 0 Å². The maximum Gasteiger partial charge on any atom is 0.306 e. The summed E-state index contributed by atoms with van der Waals surface area (Å²) in [5.41, 5.74) is 0. The molecule has 160 valence electrons. The number of ether oxygens (including phenoxy) is 1. The zero-order chi connectivity index (χ0) is 20.9. The molecule has 5 heteroatoms. The Kier molecular flexibility index (Phi) is 12.0. The van der Waals surface area contributed by atoms with Gasteiger partial charge in [0.05, 0.1) is 18.3 Å². The van der Waals surface area contributed by atoms with E-state index in [9.17, 15) is 19.8 Å². The van der Waals surface area contributed by atoms with Crippen LogP contribution in [-0.4, -0.2) is 40.3 Å². The van der Waals surface area contributed by atoms with Crippen molar-refractivity contribution < 1.29 is 24.5 Å². The van der Waals surface area contributed by atoms with E-state index in [1.54, 1.807) is 6.08 Å². The second-order valence-electron chi connectivity index (χ2n) is 8.01. The van der Waals surface area contributed by atoms with Crippen LogP contribution in [0.25, 0.3) is 0 Å². The molecule has 0 aromatic rings. The van der Waals surface area contributed by atoms with Crippen molar-refractivity contribution in [1.29, 1.82) is 0 Å². The summed E-state index contributed by atoms with van der Waals surface area (Å²) >= 11 is 0. The third kappa shape index (κ3) is 9.65. The Morgan fingerprint density at radius 3 is 2.68 bits per heavy atom. The van der Waals surface area contributed by atoms with Gasteiger partial charge in [0.2, 0.25) is 0 Å². The molecule has 1 fully saturated rings. The molecule has 0 aliphatic heterocycles. The van der Waals surface area contributed by atoms with Crippen LogP contribution in [0.15, 0.2) is 24.3 Å². The first-order chi connectivity index (χ1) is 13.3. The molecule has 4 atom stereocenters. The zero-order valence-electron chi connectivity index (χ0n) is 17.7. The van der Waals surface area contributed by atoms with Crippen molar-refractivity contribution in [3.05, 3.63) is 24.3 Å². The molecule has 0 unspecified atom stereocenters. The Morgan fingerprint density at radius 2 is 2.00 bits per heavy atom. The van der Waals surface area contributed by atoms with E-state index in [2.05, 4.69) is 6.92 Å². The summed E-state index contributed by atoms with van der Waals surface area (Å²) in [6, 6.07) is 0. The van der Waals surface area contributed by atoms with Gasteiger partial charge in [-0.15, -0.1) is 0 Å². The Labute approximate surface area is 169 Å². The van der Waals surface area contributed by atoms with E-state index in [0.717, 1.165) is 32.1 Å². The monoisotopic (exact) mass is 394 g/mol. The van der Waals surface area contributed by atoms with Crippen LogP contribution in [-0.2, 0) is 14.3 Å². The fraction of sp³-hybridized carbons (Fsp3) is 0.739. The van der Waals surface area contributed by atoms with Gasteiger partial charge in [-0.05, 0) is 39.5 Å². The average Bonchev–Trinajstić information content (AvgIpc) is 2.88. The minimum absolute atomic E-state index is 0.0767. The van der Waals surface area contributed by atoms with Gasteiger partial charge in [0.1, 0.15) is 5.78 Å². The molecular weight excluding hydrogens is 356 g/mol. The number of Topliss-reactive ketones (excluding diaryl/α,β-unsaturated/α-hetero) is 1. The van der Waals surface area contributed by atoms with Gasteiger partial charge >= 0.3 is 5.97 Å². The van der Waals surface area contributed by atoms with E-state index in [-0.39, 0.29) is 36.1 Å². The summed E-state index contributed by atoms with van der Waals surface area (Å²) in [5.74, 6) is -0.580. The summed E-state index contributed by atoms with van der Waals surface area (Å²) in [4.78, 5) is 23.7. The number of hydrogen-bond acceptors (Lipinski definition) is 5. The van der Waals surface area contributed by atoms with E-state index in [1.807, 2.05) is 32.1 Å². The van der Waals surface area contributed by atoms with Gasteiger partial charge in [-0.1, -0.05) is 50.5 Å². The minimum Gasteiger partial charge on any atom is -0.463 e. The first-order valence-corrected chi connectivity index (χ1v) is 10.8. The summed E-state index contributed by atoms with van der Waals surface area (Å²) in [7, 11) is 0. The Balaban J connectivity index is 2.42. The highest BCUT2D eigenvalue weighted by atomic mass is 16.5.